The van der Waals surface area contributed by atoms with E-state index in [1.165, 1.54) is 0 Å². The summed E-state index contributed by atoms with van der Waals surface area (Å²) in [6.07, 6.45) is 0. The second-order valence-corrected chi connectivity index (χ2v) is 9.24. The Morgan fingerprint density at radius 3 is 1.56 bits per heavy atom. The van der Waals surface area contributed by atoms with E-state index in [-0.39, 0.29) is 33.8 Å². The Bertz CT molecular complexity index is 796. The summed E-state index contributed by atoms with van der Waals surface area (Å²) in [6.45, 7) is 17.9. The molecule has 2 aromatic rings. The lowest BCUT2D eigenvalue weighted by Crippen LogP contribution is -2.14. The second-order valence-electron chi connectivity index (χ2n) is 9.24. The van der Waals surface area contributed by atoms with Crippen LogP contribution in [-0.4, -0.2) is 20.4 Å². The van der Waals surface area contributed by atoms with E-state index in [1.54, 1.807) is 12.1 Å². The van der Waals surface area contributed by atoms with Crippen molar-refractivity contribution in [3.8, 4) is 23.0 Å². The van der Waals surface area contributed by atoms with E-state index in [4.69, 9.17) is 0 Å². The van der Waals surface area contributed by atoms with Crippen molar-refractivity contribution in [2.24, 2.45) is 0 Å². The molecule has 0 fully saturated rings. The summed E-state index contributed by atoms with van der Waals surface area (Å²) < 4.78 is 0. The summed E-state index contributed by atoms with van der Waals surface area (Å²) in [5.41, 5.74) is 4.32. The van der Waals surface area contributed by atoms with E-state index in [2.05, 4.69) is 0 Å². The van der Waals surface area contributed by atoms with Gasteiger partial charge < -0.3 is 20.4 Å². The predicted octanol–water partition coefficient (Wildman–Crippen LogP) is 5.72. The van der Waals surface area contributed by atoms with Gasteiger partial charge in [0, 0.05) is 11.1 Å². The minimum absolute atomic E-state index is 0.00176. The third-order valence-corrected chi connectivity index (χ3v) is 4.59. The zero-order valence-electron chi connectivity index (χ0n) is 18.0. The van der Waals surface area contributed by atoms with Crippen LogP contribution in [0.4, 0.5) is 0 Å². The first-order valence-electron chi connectivity index (χ1n) is 9.13. The first-order chi connectivity index (χ1) is 12.1. The maximum atomic E-state index is 9.79. The first kappa shape index (κ1) is 22.7. The molecular weight excluding hydrogens is 340 g/mol. The monoisotopic (exact) mass is 374 g/mol. The van der Waals surface area contributed by atoms with Crippen LogP contribution in [0.15, 0.2) is 18.2 Å². The first-order valence-corrected chi connectivity index (χ1v) is 9.13. The molecule has 0 aliphatic carbocycles. The maximum absolute atomic E-state index is 9.79. The number of benzene rings is 2. The van der Waals surface area contributed by atoms with Gasteiger partial charge in [0.1, 0.15) is 0 Å². The van der Waals surface area contributed by atoms with Crippen LogP contribution in [0.25, 0.3) is 0 Å². The number of hydrogen-bond donors (Lipinski definition) is 4. The Labute approximate surface area is 163 Å². The van der Waals surface area contributed by atoms with Crippen LogP contribution < -0.4 is 0 Å². The molecule has 0 spiro atoms. The van der Waals surface area contributed by atoms with Gasteiger partial charge in [-0.2, -0.15) is 0 Å². The Balaban J connectivity index is 0.000000271. The normalized spacial score (nSPS) is 11.7. The van der Waals surface area contributed by atoms with Gasteiger partial charge in [-0.15, -0.1) is 0 Å². The van der Waals surface area contributed by atoms with Crippen molar-refractivity contribution in [3.05, 3.63) is 46.0 Å². The summed E-state index contributed by atoms with van der Waals surface area (Å²) in [5, 5.41) is 38.3. The molecule has 0 saturated heterocycles. The Hall–Kier alpha value is -2.36. The van der Waals surface area contributed by atoms with Gasteiger partial charge in [-0.25, -0.2) is 0 Å². The lowest BCUT2D eigenvalue weighted by Gasteiger charge is -2.24. The summed E-state index contributed by atoms with van der Waals surface area (Å²) in [6, 6.07) is 5.06. The standard InChI is InChI=1S/C12H18O2.C11H16O2/c1-7-6-9(13)11(14)10(8(7)2)12(3,4)5;1-7-5-8(11(2,3)4)10(13)9(12)6-7/h6,13-14H,1-5H3;5-6,12-13H,1-4H3. The zero-order chi connectivity index (χ0) is 21.3. The van der Waals surface area contributed by atoms with Crippen LogP contribution in [0.5, 0.6) is 23.0 Å². The highest BCUT2D eigenvalue weighted by Gasteiger charge is 2.23. The molecule has 2 aromatic carbocycles. The van der Waals surface area contributed by atoms with E-state index in [9.17, 15) is 20.4 Å². The Morgan fingerprint density at radius 2 is 1.11 bits per heavy atom. The molecule has 0 aliphatic heterocycles. The Kier molecular flexibility index (Phi) is 6.48. The second kappa shape index (κ2) is 7.71. The quantitative estimate of drug-likeness (QED) is 0.445. The number of phenols is 4. The van der Waals surface area contributed by atoms with Crippen LogP contribution in [0, 0.1) is 20.8 Å². The van der Waals surface area contributed by atoms with Crippen molar-refractivity contribution in [3.63, 3.8) is 0 Å². The number of aromatic hydroxyl groups is 4. The van der Waals surface area contributed by atoms with Crippen LogP contribution in [0.2, 0.25) is 0 Å². The van der Waals surface area contributed by atoms with E-state index < -0.39 is 0 Å². The lowest BCUT2D eigenvalue weighted by atomic mass is 9.82. The topological polar surface area (TPSA) is 80.9 Å². The molecule has 0 heterocycles. The van der Waals surface area contributed by atoms with Crippen LogP contribution in [0.3, 0.4) is 0 Å². The molecule has 4 heteroatoms. The summed E-state index contributed by atoms with van der Waals surface area (Å²) in [4.78, 5) is 0. The van der Waals surface area contributed by atoms with Crippen molar-refractivity contribution < 1.29 is 20.4 Å². The van der Waals surface area contributed by atoms with Gasteiger partial charge in [0.2, 0.25) is 0 Å². The summed E-state index contributed by atoms with van der Waals surface area (Å²) >= 11 is 0. The highest BCUT2D eigenvalue weighted by Crippen LogP contribution is 2.40. The molecule has 0 unspecified atom stereocenters. The van der Waals surface area contributed by atoms with Crippen molar-refractivity contribution in [1.29, 1.82) is 0 Å². The third kappa shape index (κ3) is 5.31. The molecule has 0 bridgehead atoms. The molecule has 0 aromatic heterocycles. The van der Waals surface area contributed by atoms with Gasteiger partial charge in [0.05, 0.1) is 0 Å². The SMILES string of the molecule is Cc1cc(O)c(O)c(C(C)(C)C)c1.Cc1cc(O)c(O)c(C(C)(C)C)c1C. The maximum Gasteiger partial charge on any atom is 0.161 e. The molecule has 0 atom stereocenters. The fraction of sp³-hybridized carbons (Fsp3) is 0.478. The number of rotatable bonds is 0. The van der Waals surface area contributed by atoms with E-state index in [0.29, 0.717) is 0 Å². The van der Waals surface area contributed by atoms with Gasteiger partial charge >= 0.3 is 0 Å². The minimum Gasteiger partial charge on any atom is -0.504 e. The number of aryl methyl sites for hydroxylation is 2. The van der Waals surface area contributed by atoms with Crippen molar-refractivity contribution in [1.82, 2.24) is 0 Å². The fourth-order valence-electron chi connectivity index (χ4n) is 3.13. The van der Waals surface area contributed by atoms with Crippen LogP contribution in [-0.2, 0) is 10.8 Å². The minimum atomic E-state index is -0.155. The highest BCUT2D eigenvalue weighted by atomic mass is 16.3. The van der Waals surface area contributed by atoms with Crippen LogP contribution >= 0.6 is 0 Å². The number of phenolic OH excluding ortho intramolecular Hbond substituents is 4. The number of hydrogen-bond acceptors (Lipinski definition) is 4. The van der Waals surface area contributed by atoms with Crippen molar-refractivity contribution in [2.75, 3.05) is 0 Å². The van der Waals surface area contributed by atoms with Crippen molar-refractivity contribution in [2.45, 2.75) is 73.1 Å². The van der Waals surface area contributed by atoms with Gasteiger partial charge in [0.25, 0.3) is 0 Å². The van der Waals surface area contributed by atoms with Crippen molar-refractivity contribution >= 4 is 0 Å². The van der Waals surface area contributed by atoms with E-state index >= 15 is 0 Å². The average molecular weight is 375 g/mol. The van der Waals surface area contributed by atoms with E-state index in [0.717, 1.165) is 27.8 Å². The zero-order valence-corrected chi connectivity index (χ0v) is 18.0. The average Bonchev–Trinajstić information content (AvgIpc) is 2.47. The molecule has 27 heavy (non-hydrogen) atoms. The Morgan fingerprint density at radius 1 is 0.630 bits per heavy atom. The molecule has 150 valence electrons. The fourth-order valence-corrected chi connectivity index (χ4v) is 3.13. The molecule has 0 radical (unpaired) electrons. The molecule has 0 saturated carbocycles. The van der Waals surface area contributed by atoms with Crippen LogP contribution in [0.1, 0.15) is 69.4 Å². The van der Waals surface area contributed by atoms with Gasteiger partial charge in [-0.3, -0.25) is 0 Å². The van der Waals surface area contributed by atoms with Gasteiger partial charge in [0.15, 0.2) is 23.0 Å². The smallest absolute Gasteiger partial charge is 0.161 e. The molecular formula is C23H34O4. The van der Waals surface area contributed by atoms with E-state index in [1.807, 2.05) is 68.4 Å². The lowest BCUT2D eigenvalue weighted by molar-refractivity contribution is 0.387. The van der Waals surface area contributed by atoms with Gasteiger partial charge in [-0.1, -0.05) is 47.6 Å². The molecule has 0 amide bonds. The highest BCUT2D eigenvalue weighted by molar-refractivity contribution is 5.55. The molecule has 4 nitrogen and oxygen atoms in total. The summed E-state index contributed by atoms with van der Waals surface area (Å²) in [5.74, 6) is -0.0540. The third-order valence-electron chi connectivity index (χ3n) is 4.59. The summed E-state index contributed by atoms with van der Waals surface area (Å²) in [7, 11) is 0. The molecule has 2 rings (SSSR count). The predicted molar refractivity (Wildman–Crippen MR) is 111 cm³/mol. The largest absolute Gasteiger partial charge is 0.504 e. The molecule has 0 aliphatic rings. The molecule has 4 N–H and O–H groups in total. The van der Waals surface area contributed by atoms with Gasteiger partial charge in [-0.05, 0) is 60.4 Å².